The van der Waals surface area contributed by atoms with Crippen LogP contribution in [0.3, 0.4) is 0 Å². The Morgan fingerprint density at radius 3 is 2.68 bits per heavy atom. The number of benzene rings is 1. The number of carbonyl (C=O) groups is 1. The monoisotopic (exact) mass is 335 g/mol. The summed E-state index contributed by atoms with van der Waals surface area (Å²) in [5.41, 5.74) is 3.64. The zero-order valence-electron chi connectivity index (χ0n) is 14.9. The Hall–Kier alpha value is -3.07. The number of rotatable bonds is 2. The van der Waals surface area contributed by atoms with E-state index in [1.807, 2.05) is 51.3 Å². The number of anilines is 3. The van der Waals surface area contributed by atoms with Gasteiger partial charge < -0.3 is 14.7 Å². The average molecular weight is 335 g/mol. The fourth-order valence-electron chi connectivity index (χ4n) is 2.94. The topological polar surface area (TPSA) is 63.5 Å². The molecule has 1 aromatic heterocycles. The molecule has 0 bridgehead atoms. The molecule has 3 rings (SSSR count). The van der Waals surface area contributed by atoms with Crippen LogP contribution in [0.25, 0.3) is 0 Å². The number of nitrogens with zero attached hydrogens (tertiary/aromatic N) is 5. The van der Waals surface area contributed by atoms with Crippen molar-refractivity contribution >= 4 is 23.1 Å². The number of likely N-dealkylation sites (N-methyl/N-ethyl adjacent to an activating group) is 1. The van der Waals surface area contributed by atoms with Gasteiger partial charge in [0.2, 0.25) is 0 Å². The summed E-state index contributed by atoms with van der Waals surface area (Å²) in [6, 6.07) is 9.37. The highest BCUT2D eigenvalue weighted by molar-refractivity contribution is 6.08. The highest BCUT2D eigenvalue weighted by Crippen LogP contribution is 2.32. The van der Waals surface area contributed by atoms with Crippen molar-refractivity contribution in [2.24, 2.45) is 0 Å². The van der Waals surface area contributed by atoms with Gasteiger partial charge in [0.1, 0.15) is 0 Å². The number of fused-ring (bicyclic) bond motifs is 1. The van der Waals surface area contributed by atoms with Crippen LogP contribution in [0, 0.1) is 18.3 Å². The van der Waals surface area contributed by atoms with Crippen LogP contribution in [-0.2, 0) is 0 Å². The Kier molecular flexibility index (Phi) is 4.32. The van der Waals surface area contributed by atoms with Crippen LogP contribution in [0.1, 0.15) is 21.5 Å². The van der Waals surface area contributed by atoms with Gasteiger partial charge in [-0.05, 0) is 36.8 Å². The molecule has 0 radical (unpaired) electrons. The largest absolute Gasteiger partial charge is 0.378 e. The third-order valence-electron chi connectivity index (χ3n) is 4.35. The summed E-state index contributed by atoms with van der Waals surface area (Å²) in [5.74, 6) is 0.691. The lowest BCUT2D eigenvalue weighted by Crippen LogP contribution is -2.43. The van der Waals surface area contributed by atoms with Crippen molar-refractivity contribution in [3.05, 3.63) is 47.2 Å². The van der Waals surface area contributed by atoms with Crippen LogP contribution in [0.2, 0.25) is 0 Å². The molecule has 0 N–H and O–H groups in total. The molecule has 0 atom stereocenters. The third kappa shape index (κ3) is 3.13. The number of aromatic nitrogens is 1. The normalized spacial score (nSPS) is 13.2. The first-order chi connectivity index (χ1) is 11.9. The predicted octanol–water partition coefficient (Wildman–Crippen LogP) is 2.42. The Morgan fingerprint density at radius 2 is 2.00 bits per heavy atom. The smallest absolute Gasteiger partial charge is 0.258 e. The Morgan fingerprint density at radius 1 is 1.24 bits per heavy atom. The van der Waals surface area contributed by atoms with Gasteiger partial charge in [0.05, 0.1) is 17.3 Å². The minimum atomic E-state index is -0.109. The molecule has 1 aliphatic heterocycles. The summed E-state index contributed by atoms with van der Waals surface area (Å²) in [6.07, 6.45) is 1.81. The molecule has 6 nitrogen and oxygen atoms in total. The first kappa shape index (κ1) is 16.8. The van der Waals surface area contributed by atoms with E-state index in [0.29, 0.717) is 24.2 Å². The number of pyridine rings is 1. The molecular formula is C19H21N5O. The Balaban J connectivity index is 2.05. The van der Waals surface area contributed by atoms with Crippen LogP contribution in [0.15, 0.2) is 30.5 Å². The first-order valence-electron chi connectivity index (χ1n) is 8.13. The van der Waals surface area contributed by atoms with Crippen LogP contribution in [0.5, 0.6) is 0 Å². The van der Waals surface area contributed by atoms with E-state index in [4.69, 9.17) is 0 Å². The molecule has 128 valence electrons. The summed E-state index contributed by atoms with van der Waals surface area (Å²) in [6.45, 7) is 3.26. The van der Waals surface area contributed by atoms with E-state index in [1.165, 1.54) is 0 Å². The number of carbonyl (C=O) groups excluding carboxylic acids is 1. The van der Waals surface area contributed by atoms with E-state index < -0.39 is 0 Å². The van der Waals surface area contributed by atoms with E-state index in [-0.39, 0.29) is 5.91 Å². The van der Waals surface area contributed by atoms with Gasteiger partial charge >= 0.3 is 0 Å². The van der Waals surface area contributed by atoms with E-state index in [9.17, 15) is 10.1 Å². The number of hydrogen-bond donors (Lipinski definition) is 0. The van der Waals surface area contributed by atoms with Crippen molar-refractivity contribution in [3.8, 4) is 6.07 Å². The zero-order valence-corrected chi connectivity index (χ0v) is 14.9. The maximum atomic E-state index is 13.2. The SMILES string of the molecule is Cc1cnc2c(c1)N(C(=O)c1cc(C#N)cc(N(C)C)c1)CCN2C. The van der Waals surface area contributed by atoms with Gasteiger partial charge in [-0.3, -0.25) is 4.79 Å². The molecule has 0 unspecified atom stereocenters. The van der Waals surface area contributed by atoms with Gasteiger partial charge in [-0.2, -0.15) is 5.26 Å². The third-order valence-corrected chi connectivity index (χ3v) is 4.35. The Bertz CT molecular complexity index is 869. The molecule has 6 heteroatoms. The lowest BCUT2D eigenvalue weighted by atomic mass is 10.1. The van der Waals surface area contributed by atoms with Crippen molar-refractivity contribution in [1.29, 1.82) is 5.26 Å². The van der Waals surface area contributed by atoms with Crippen molar-refractivity contribution in [2.75, 3.05) is 48.9 Å². The number of hydrogen-bond acceptors (Lipinski definition) is 5. The van der Waals surface area contributed by atoms with Gasteiger partial charge in [0.15, 0.2) is 5.82 Å². The minimum Gasteiger partial charge on any atom is -0.378 e. The van der Waals surface area contributed by atoms with E-state index in [1.54, 1.807) is 17.0 Å². The second kappa shape index (κ2) is 6.44. The fraction of sp³-hybridized carbons (Fsp3) is 0.316. The van der Waals surface area contributed by atoms with Crippen LogP contribution in [-0.4, -0.2) is 45.1 Å². The quantitative estimate of drug-likeness (QED) is 0.843. The Labute approximate surface area is 147 Å². The van der Waals surface area contributed by atoms with Crippen molar-refractivity contribution < 1.29 is 4.79 Å². The number of amides is 1. The molecule has 1 amide bonds. The molecule has 0 fully saturated rings. The fourth-order valence-corrected chi connectivity index (χ4v) is 2.94. The number of aryl methyl sites for hydroxylation is 1. The highest BCUT2D eigenvalue weighted by Gasteiger charge is 2.27. The second-order valence-corrected chi connectivity index (χ2v) is 6.51. The molecular weight excluding hydrogens is 314 g/mol. The molecule has 0 saturated carbocycles. The molecule has 1 aliphatic rings. The molecule has 0 aliphatic carbocycles. The highest BCUT2D eigenvalue weighted by atomic mass is 16.2. The molecule has 25 heavy (non-hydrogen) atoms. The first-order valence-corrected chi connectivity index (χ1v) is 8.13. The molecule has 1 aromatic carbocycles. The second-order valence-electron chi connectivity index (χ2n) is 6.51. The van der Waals surface area contributed by atoms with Gasteiger partial charge in [0.25, 0.3) is 5.91 Å². The lowest BCUT2D eigenvalue weighted by Gasteiger charge is -2.35. The maximum absolute atomic E-state index is 13.2. The summed E-state index contributed by atoms with van der Waals surface area (Å²) in [4.78, 5) is 23.3. The van der Waals surface area contributed by atoms with Gasteiger partial charge in [-0.1, -0.05) is 0 Å². The van der Waals surface area contributed by atoms with E-state index in [0.717, 1.165) is 22.8 Å². The summed E-state index contributed by atoms with van der Waals surface area (Å²) in [5, 5.41) is 9.28. The zero-order chi connectivity index (χ0) is 18.1. The van der Waals surface area contributed by atoms with Crippen LogP contribution < -0.4 is 14.7 Å². The standard InChI is InChI=1S/C19H21N5O/c1-13-7-17-18(21-12-13)23(4)5-6-24(17)19(25)15-8-14(11-20)9-16(10-15)22(2)3/h7-10,12H,5-6H2,1-4H3. The summed E-state index contributed by atoms with van der Waals surface area (Å²) in [7, 11) is 5.76. The molecule has 0 saturated heterocycles. The summed E-state index contributed by atoms with van der Waals surface area (Å²) < 4.78 is 0. The summed E-state index contributed by atoms with van der Waals surface area (Å²) >= 11 is 0. The van der Waals surface area contributed by atoms with E-state index >= 15 is 0 Å². The lowest BCUT2D eigenvalue weighted by molar-refractivity contribution is 0.0986. The average Bonchev–Trinajstić information content (AvgIpc) is 2.60. The van der Waals surface area contributed by atoms with E-state index in [2.05, 4.69) is 16.0 Å². The maximum Gasteiger partial charge on any atom is 0.258 e. The van der Waals surface area contributed by atoms with Crippen LogP contribution in [0.4, 0.5) is 17.2 Å². The molecule has 2 aromatic rings. The molecule has 2 heterocycles. The van der Waals surface area contributed by atoms with Crippen molar-refractivity contribution in [1.82, 2.24) is 4.98 Å². The predicted molar refractivity (Wildman–Crippen MR) is 99.4 cm³/mol. The van der Waals surface area contributed by atoms with Gasteiger partial charge in [-0.15, -0.1) is 0 Å². The van der Waals surface area contributed by atoms with Crippen LogP contribution >= 0.6 is 0 Å². The van der Waals surface area contributed by atoms with Crippen molar-refractivity contribution in [2.45, 2.75) is 6.92 Å². The number of nitriles is 1. The molecule has 0 spiro atoms. The van der Waals surface area contributed by atoms with Crippen molar-refractivity contribution in [3.63, 3.8) is 0 Å². The van der Waals surface area contributed by atoms with Gasteiger partial charge in [-0.25, -0.2) is 4.98 Å². The minimum absolute atomic E-state index is 0.109. The van der Waals surface area contributed by atoms with Gasteiger partial charge in [0, 0.05) is 51.7 Å².